The largest absolute Gasteiger partial charge is 0.326 e. The number of hydrogen-bond donors (Lipinski definition) is 2. The molecule has 0 aromatic rings. The van der Waals surface area contributed by atoms with Gasteiger partial charge in [-0.3, -0.25) is 4.21 Å². The minimum absolute atomic E-state index is 0.246. The van der Waals surface area contributed by atoms with Crippen LogP contribution in [0.15, 0.2) is 0 Å². The van der Waals surface area contributed by atoms with Gasteiger partial charge < -0.3 is 5.73 Å². The van der Waals surface area contributed by atoms with Crippen LogP contribution in [0, 0.1) is 0 Å². The normalized spacial score (nSPS) is 41.7. The van der Waals surface area contributed by atoms with E-state index in [1.807, 2.05) is 6.26 Å². The van der Waals surface area contributed by atoms with Crippen LogP contribution < -0.4 is 5.73 Å². The third-order valence-corrected chi connectivity index (χ3v) is 3.72. The van der Waals surface area contributed by atoms with Crippen LogP contribution in [0.5, 0.6) is 0 Å². The molecule has 0 aromatic heterocycles. The van der Waals surface area contributed by atoms with E-state index in [4.69, 9.17) is 5.73 Å². The molecule has 0 spiro atoms. The van der Waals surface area contributed by atoms with Crippen LogP contribution in [0.25, 0.3) is 0 Å². The smallest absolute Gasteiger partial charge is 0.0233 e. The summed E-state index contributed by atoms with van der Waals surface area (Å²) in [6.45, 7) is 0. The lowest BCUT2D eigenvalue weighted by Gasteiger charge is -2.34. The molecular weight excluding hydrogens is 110 g/mol. The fourth-order valence-electron chi connectivity index (χ4n) is 0.939. The van der Waals surface area contributed by atoms with E-state index in [0.717, 1.165) is 11.5 Å². The molecule has 0 unspecified atom stereocenters. The molecular formula is C4H11NOS. The first-order valence-electron chi connectivity index (χ1n) is 2.41. The van der Waals surface area contributed by atoms with E-state index in [1.165, 1.54) is 0 Å². The van der Waals surface area contributed by atoms with Crippen molar-refractivity contribution in [2.24, 2.45) is 5.73 Å². The Bertz CT molecular complexity index is 113. The minimum Gasteiger partial charge on any atom is -0.326 e. The van der Waals surface area contributed by atoms with Crippen LogP contribution in [-0.2, 0) is 9.93 Å². The van der Waals surface area contributed by atoms with E-state index in [2.05, 4.69) is 0 Å². The highest BCUT2D eigenvalue weighted by Crippen LogP contribution is 2.13. The summed E-state index contributed by atoms with van der Waals surface area (Å²) < 4.78 is 10.8. The van der Waals surface area contributed by atoms with Gasteiger partial charge in [0.05, 0.1) is 0 Å². The van der Waals surface area contributed by atoms with Gasteiger partial charge in [0.2, 0.25) is 0 Å². The molecule has 1 rings (SSSR count). The maximum atomic E-state index is 10.8. The van der Waals surface area contributed by atoms with Gasteiger partial charge in [-0.1, -0.05) is 0 Å². The summed E-state index contributed by atoms with van der Waals surface area (Å²) in [6, 6.07) is 0.246. The van der Waals surface area contributed by atoms with E-state index in [1.54, 1.807) is 0 Å². The van der Waals surface area contributed by atoms with Crippen LogP contribution in [0.1, 0.15) is 0 Å². The molecule has 0 radical (unpaired) electrons. The Morgan fingerprint density at radius 3 is 2.14 bits per heavy atom. The Kier molecular flexibility index (Phi) is 0.970. The van der Waals surface area contributed by atoms with Crippen molar-refractivity contribution in [3.05, 3.63) is 0 Å². The van der Waals surface area contributed by atoms with Crippen molar-refractivity contribution in [1.29, 1.82) is 0 Å². The highest BCUT2D eigenvalue weighted by molar-refractivity contribution is 8.03. The van der Waals surface area contributed by atoms with Crippen molar-refractivity contribution in [3.8, 4) is 0 Å². The van der Waals surface area contributed by atoms with Crippen molar-refractivity contribution in [1.82, 2.24) is 0 Å². The Labute approximate surface area is 44.5 Å². The fraction of sp³-hybridized carbons (Fsp3) is 1.00. The van der Waals surface area contributed by atoms with Crippen molar-refractivity contribution in [2.45, 2.75) is 6.04 Å². The molecule has 0 amide bonds. The summed E-state index contributed by atoms with van der Waals surface area (Å²) in [6.07, 6.45) is 1.82. The quantitative estimate of drug-likeness (QED) is 0.403. The first-order valence-corrected chi connectivity index (χ1v) is 4.94. The molecule has 1 saturated heterocycles. The van der Waals surface area contributed by atoms with E-state index < -0.39 is 9.93 Å². The standard InChI is InChI=1S/C4H11NOS/c1-7(6)2-4(5)3-7/h4,7H,2-3,5H2,1H3. The zero-order chi connectivity index (χ0) is 5.49. The van der Waals surface area contributed by atoms with Crippen molar-refractivity contribution >= 4 is 9.93 Å². The summed E-state index contributed by atoms with van der Waals surface area (Å²) in [5, 5.41) is 0. The molecule has 0 atom stereocenters. The Morgan fingerprint density at radius 1 is 1.71 bits per heavy atom. The number of hydrogen-bond acceptors (Lipinski definition) is 2. The van der Waals surface area contributed by atoms with Crippen molar-refractivity contribution in [3.63, 3.8) is 0 Å². The van der Waals surface area contributed by atoms with Gasteiger partial charge in [-0.05, 0) is 6.26 Å². The lowest BCUT2D eigenvalue weighted by Crippen LogP contribution is -2.51. The van der Waals surface area contributed by atoms with E-state index >= 15 is 0 Å². The molecule has 2 nitrogen and oxygen atoms in total. The lowest BCUT2D eigenvalue weighted by atomic mass is 10.4. The van der Waals surface area contributed by atoms with Gasteiger partial charge in [0.25, 0.3) is 0 Å². The Hall–Kier alpha value is 0.110. The predicted octanol–water partition coefficient (Wildman–Crippen LogP) is -1.03. The topological polar surface area (TPSA) is 43.1 Å². The van der Waals surface area contributed by atoms with Crippen LogP contribution >= 0.6 is 0 Å². The van der Waals surface area contributed by atoms with Gasteiger partial charge in [0, 0.05) is 17.5 Å². The first kappa shape index (κ1) is 5.25. The number of nitrogens with two attached hydrogens (primary N) is 1. The summed E-state index contributed by atoms with van der Waals surface area (Å²) in [5.41, 5.74) is 5.38. The van der Waals surface area contributed by atoms with Gasteiger partial charge >= 0.3 is 0 Å². The molecule has 7 heavy (non-hydrogen) atoms. The maximum Gasteiger partial charge on any atom is 0.0233 e. The highest BCUT2D eigenvalue weighted by atomic mass is 32.2. The van der Waals surface area contributed by atoms with Crippen molar-refractivity contribution in [2.75, 3.05) is 17.8 Å². The van der Waals surface area contributed by atoms with Crippen LogP contribution in [-0.4, -0.2) is 28.0 Å². The Balaban J connectivity index is 2.44. The second-order valence-corrected chi connectivity index (χ2v) is 5.75. The molecule has 0 bridgehead atoms. The lowest BCUT2D eigenvalue weighted by molar-refractivity contribution is 0.640. The molecule has 44 valence electrons. The molecule has 3 heteroatoms. The molecule has 2 N–H and O–H groups in total. The molecule has 0 aromatic carbocycles. The summed E-state index contributed by atoms with van der Waals surface area (Å²) in [4.78, 5) is 0. The number of rotatable bonds is 0. The van der Waals surface area contributed by atoms with Gasteiger partial charge in [-0.25, -0.2) is 0 Å². The average Bonchev–Trinajstić information content (AvgIpc) is 1.27. The summed E-state index contributed by atoms with van der Waals surface area (Å²) in [5.74, 6) is 1.54. The monoisotopic (exact) mass is 121 g/mol. The van der Waals surface area contributed by atoms with Gasteiger partial charge in [-0.2, -0.15) is 0 Å². The van der Waals surface area contributed by atoms with Gasteiger partial charge in [-0.15, -0.1) is 9.93 Å². The second kappa shape index (κ2) is 1.29. The zero-order valence-electron chi connectivity index (χ0n) is 4.42. The van der Waals surface area contributed by atoms with Crippen molar-refractivity contribution < 1.29 is 4.21 Å². The fourth-order valence-corrected chi connectivity index (χ4v) is 2.82. The van der Waals surface area contributed by atoms with E-state index in [9.17, 15) is 4.21 Å². The zero-order valence-corrected chi connectivity index (χ0v) is 5.32. The highest BCUT2D eigenvalue weighted by Gasteiger charge is 2.26. The summed E-state index contributed by atoms with van der Waals surface area (Å²) >= 11 is 0. The molecule has 0 aliphatic carbocycles. The third kappa shape index (κ3) is 1.01. The number of thiol groups is 1. The predicted molar refractivity (Wildman–Crippen MR) is 33.2 cm³/mol. The molecule has 1 aliphatic heterocycles. The Morgan fingerprint density at radius 2 is 2.14 bits per heavy atom. The molecule has 1 fully saturated rings. The minimum atomic E-state index is -1.65. The van der Waals surface area contributed by atoms with E-state index in [-0.39, 0.29) is 6.04 Å². The van der Waals surface area contributed by atoms with Crippen LogP contribution in [0.2, 0.25) is 0 Å². The average molecular weight is 121 g/mol. The molecule has 0 saturated carbocycles. The second-order valence-electron chi connectivity index (χ2n) is 2.42. The van der Waals surface area contributed by atoms with Crippen LogP contribution in [0.4, 0.5) is 0 Å². The SMILES string of the molecule is C[SH]1(=O)CC(N)C1. The summed E-state index contributed by atoms with van der Waals surface area (Å²) in [7, 11) is -1.65. The third-order valence-electron chi connectivity index (χ3n) is 1.24. The molecule has 1 heterocycles. The maximum absolute atomic E-state index is 10.8. The first-order chi connectivity index (χ1) is 3.10. The molecule has 1 aliphatic rings. The van der Waals surface area contributed by atoms with Gasteiger partial charge in [0.15, 0.2) is 0 Å². The van der Waals surface area contributed by atoms with E-state index in [0.29, 0.717) is 0 Å². The van der Waals surface area contributed by atoms with Crippen LogP contribution in [0.3, 0.4) is 0 Å². The van der Waals surface area contributed by atoms with Gasteiger partial charge in [0.1, 0.15) is 0 Å².